The Morgan fingerprint density at radius 3 is 1.12 bits per heavy atom. The maximum Gasteiger partial charge on any atom is 0.425 e. The minimum atomic E-state index is -1.89. The Balaban J connectivity index is 0.923. The van der Waals surface area contributed by atoms with Crippen molar-refractivity contribution in [2.45, 2.75) is 90.1 Å². The quantitative estimate of drug-likeness (QED) is 0.0702. The highest BCUT2D eigenvalue weighted by atomic mass is 16.7. The molecule has 2 aromatic rings. The highest BCUT2D eigenvalue weighted by molar-refractivity contribution is 6.33. The summed E-state index contributed by atoms with van der Waals surface area (Å²) in [4.78, 5) is 112. The lowest BCUT2D eigenvalue weighted by Gasteiger charge is -2.37. The molecule has 0 saturated carbocycles. The molecule has 0 radical (unpaired) electrons. The third-order valence-electron chi connectivity index (χ3n) is 12.9. The number of methoxy groups -OCH3 is 6. The fraction of sp³-hybridized carbons (Fsp3) is 0.600. The van der Waals surface area contributed by atoms with Crippen molar-refractivity contribution < 1.29 is 85.7 Å². The van der Waals surface area contributed by atoms with Crippen LogP contribution in [0.4, 0.5) is 0 Å². The second kappa shape index (κ2) is 25.5. The number of esters is 4. The van der Waals surface area contributed by atoms with Crippen LogP contribution in [0.3, 0.4) is 0 Å². The summed E-state index contributed by atoms with van der Waals surface area (Å²) in [7, 11) is 9.24. The van der Waals surface area contributed by atoms with E-state index in [0.717, 1.165) is 11.1 Å². The molecule has 2 unspecified atom stereocenters. The molecule has 4 saturated heterocycles. The first kappa shape index (κ1) is 56.5. The molecule has 0 spiro atoms. The average molecular weight is 1040 g/mol. The molecule has 406 valence electrons. The molecule has 0 aliphatic carbocycles. The number of amides is 4. The predicted molar refractivity (Wildman–Crippen MR) is 258 cm³/mol. The average Bonchev–Trinajstić information content (AvgIpc) is 4.33. The van der Waals surface area contributed by atoms with Gasteiger partial charge in [-0.05, 0) is 36.8 Å². The number of rotatable bonds is 22. The molecule has 0 bridgehead atoms. The monoisotopic (exact) mass is 1040 g/mol. The summed E-state index contributed by atoms with van der Waals surface area (Å²) >= 11 is 0. The first-order chi connectivity index (χ1) is 35.4. The molecule has 6 atom stereocenters. The predicted octanol–water partition coefficient (Wildman–Crippen LogP) is 0.463. The lowest BCUT2D eigenvalue weighted by molar-refractivity contribution is -0.178. The number of piperazine rings is 2. The minimum Gasteiger partial charge on any atom is -0.493 e. The molecule has 4 aliphatic rings. The molecule has 6 rings (SSSR count). The van der Waals surface area contributed by atoms with Crippen molar-refractivity contribution in [1.29, 1.82) is 0 Å². The van der Waals surface area contributed by atoms with E-state index in [1.807, 2.05) is 39.8 Å². The van der Waals surface area contributed by atoms with E-state index in [2.05, 4.69) is 29.9 Å². The zero-order valence-electron chi connectivity index (χ0n) is 43.6. The van der Waals surface area contributed by atoms with Gasteiger partial charge in [0.05, 0.1) is 42.7 Å². The van der Waals surface area contributed by atoms with Gasteiger partial charge in [0.1, 0.15) is 12.1 Å². The summed E-state index contributed by atoms with van der Waals surface area (Å²) in [6.07, 6.45) is -5.50. The number of nitrogens with zero attached hydrogens (tertiary/aromatic N) is 4. The molecule has 2 N–H and O–H groups in total. The summed E-state index contributed by atoms with van der Waals surface area (Å²) in [5.41, 5.74) is 1.75. The van der Waals surface area contributed by atoms with Crippen molar-refractivity contribution in [2.75, 3.05) is 95.0 Å². The van der Waals surface area contributed by atoms with E-state index in [0.29, 0.717) is 99.9 Å². The Morgan fingerprint density at radius 2 is 0.824 bits per heavy atom. The van der Waals surface area contributed by atoms with Crippen molar-refractivity contribution in [3.05, 3.63) is 35.4 Å². The Morgan fingerprint density at radius 1 is 0.486 bits per heavy atom. The molecular weight excluding hydrogens is 973 g/mol. The zero-order chi connectivity index (χ0) is 54.0. The Kier molecular flexibility index (Phi) is 19.4. The SMILES string of the molecule is COc1ccc(CN2CCN(C(=O)C(CC(C)C)NC(=O)[C@@H]3O[C@H]3C(=O)OC(=O)C(=O)OC(=O)[C@@H]3O[C@H]3C(=O)NC(CC(C)C)C(=O)N3CCN(Cc4ccc(OC)c(OC)c4OC)CC3)CC2)c(OC)c1OC. The maximum absolute atomic E-state index is 13.8. The van der Waals surface area contributed by atoms with Gasteiger partial charge in [-0.25, -0.2) is 19.2 Å². The smallest absolute Gasteiger partial charge is 0.425 e. The summed E-state index contributed by atoms with van der Waals surface area (Å²) in [6, 6.07) is 5.45. The fourth-order valence-electron chi connectivity index (χ4n) is 9.01. The number of epoxide rings is 2. The maximum atomic E-state index is 13.8. The van der Waals surface area contributed by atoms with Crippen LogP contribution in [0.25, 0.3) is 0 Å². The fourth-order valence-corrected chi connectivity index (χ4v) is 9.01. The van der Waals surface area contributed by atoms with Crippen LogP contribution in [-0.2, 0) is 70.4 Å². The molecule has 24 nitrogen and oxygen atoms in total. The highest BCUT2D eigenvalue weighted by Crippen LogP contribution is 2.41. The van der Waals surface area contributed by atoms with Gasteiger partial charge in [0.25, 0.3) is 11.8 Å². The number of carbonyl (C=O) groups excluding carboxylic acids is 8. The number of hydrogen-bond acceptors (Lipinski definition) is 20. The topological polar surface area (TPSA) is 272 Å². The Labute approximate surface area is 429 Å². The van der Waals surface area contributed by atoms with E-state index in [-0.39, 0.29) is 36.5 Å². The molecular formula is C50H68N6O18. The number of ether oxygens (including phenoxy) is 10. The van der Waals surface area contributed by atoms with E-state index < -0.39 is 72.2 Å². The standard InChI is InChI=1S/C50H68N6O18/c1-27(2)23-31(45(59)55-19-15-53(16-20-55)25-29-11-13-33(65-5)37(69-9)35(29)67-7)51-43(57)39-41(71-39)47(61)73-49(63)50(64)74-48(62)42-40(72-42)44(58)52-32(24-28(3)4)46(60)56-21-17-54(18-22-56)26-30-12-14-34(66-6)38(70-10)36(30)68-8/h11-14,27-28,31-32,39-42H,15-26H2,1-10H3,(H,51,57)(H,52,58)/t31?,32?,39-,40-,41-,42-/m1/s1. The minimum absolute atomic E-state index is 0.0144. The molecule has 4 heterocycles. The van der Waals surface area contributed by atoms with Gasteiger partial charge in [-0.1, -0.05) is 39.8 Å². The van der Waals surface area contributed by atoms with Crippen molar-refractivity contribution in [1.82, 2.24) is 30.2 Å². The van der Waals surface area contributed by atoms with Gasteiger partial charge in [-0.15, -0.1) is 0 Å². The second-order valence-electron chi connectivity index (χ2n) is 18.9. The number of benzene rings is 2. The molecule has 0 aromatic heterocycles. The summed E-state index contributed by atoms with van der Waals surface area (Å²) in [5.74, 6) is -5.78. The highest BCUT2D eigenvalue weighted by Gasteiger charge is 2.55. The second-order valence-corrected chi connectivity index (χ2v) is 18.9. The molecule has 24 heteroatoms. The van der Waals surface area contributed by atoms with Crippen molar-refractivity contribution in [2.24, 2.45) is 11.8 Å². The Bertz CT molecular complexity index is 2240. The Hall–Kier alpha value is -6.76. The lowest BCUT2D eigenvalue weighted by atomic mass is 10.0. The van der Waals surface area contributed by atoms with Crippen molar-refractivity contribution in [3.8, 4) is 34.5 Å². The van der Waals surface area contributed by atoms with Gasteiger partial charge >= 0.3 is 23.9 Å². The van der Waals surface area contributed by atoms with Crippen LogP contribution in [0.1, 0.15) is 51.7 Å². The van der Waals surface area contributed by atoms with Crippen LogP contribution in [0.2, 0.25) is 0 Å². The van der Waals surface area contributed by atoms with Gasteiger partial charge in [-0.3, -0.25) is 29.0 Å². The third kappa shape index (κ3) is 13.9. The van der Waals surface area contributed by atoms with E-state index in [1.54, 1.807) is 36.2 Å². The van der Waals surface area contributed by atoms with Gasteiger partial charge in [0.2, 0.25) is 23.3 Å². The van der Waals surface area contributed by atoms with Gasteiger partial charge < -0.3 is 67.8 Å². The lowest BCUT2D eigenvalue weighted by Crippen LogP contribution is -2.55. The van der Waals surface area contributed by atoms with Crippen LogP contribution < -0.4 is 39.1 Å². The first-order valence-corrected chi connectivity index (χ1v) is 24.4. The van der Waals surface area contributed by atoms with Crippen LogP contribution in [0.5, 0.6) is 34.5 Å². The van der Waals surface area contributed by atoms with E-state index in [4.69, 9.17) is 37.9 Å². The third-order valence-corrected chi connectivity index (χ3v) is 12.9. The van der Waals surface area contributed by atoms with Crippen molar-refractivity contribution >= 4 is 47.5 Å². The van der Waals surface area contributed by atoms with Crippen molar-refractivity contribution in [3.63, 3.8) is 0 Å². The van der Waals surface area contributed by atoms with E-state index >= 15 is 0 Å². The van der Waals surface area contributed by atoms with E-state index in [9.17, 15) is 38.4 Å². The summed E-state index contributed by atoms with van der Waals surface area (Å²) in [6.45, 7) is 12.2. The molecule has 2 aromatic carbocycles. The summed E-state index contributed by atoms with van der Waals surface area (Å²) < 4.78 is 52.5. The molecule has 4 fully saturated rings. The normalized spacial score (nSPS) is 20.4. The number of hydrogen-bond donors (Lipinski definition) is 2. The largest absolute Gasteiger partial charge is 0.493 e. The molecule has 4 amide bonds. The number of carbonyl (C=O) groups is 8. The van der Waals surface area contributed by atoms with Crippen LogP contribution in [-0.4, -0.2) is 199 Å². The first-order valence-electron chi connectivity index (χ1n) is 24.4. The van der Waals surface area contributed by atoms with Crippen LogP contribution in [0.15, 0.2) is 24.3 Å². The van der Waals surface area contributed by atoms with E-state index in [1.165, 1.54) is 28.4 Å². The molecule has 4 aliphatic heterocycles. The zero-order valence-corrected chi connectivity index (χ0v) is 43.6. The van der Waals surface area contributed by atoms with Gasteiger partial charge in [0.15, 0.2) is 47.4 Å². The van der Waals surface area contributed by atoms with Crippen LogP contribution >= 0.6 is 0 Å². The number of nitrogens with one attached hydrogen (secondary N) is 2. The van der Waals surface area contributed by atoms with Gasteiger partial charge in [0, 0.05) is 76.6 Å². The van der Waals surface area contributed by atoms with Crippen LogP contribution in [0, 0.1) is 11.8 Å². The summed E-state index contributed by atoms with van der Waals surface area (Å²) in [5, 5.41) is 5.32. The van der Waals surface area contributed by atoms with Gasteiger partial charge in [-0.2, -0.15) is 0 Å². The molecule has 74 heavy (non-hydrogen) atoms.